The number of alkyl halides is 3. The zero-order chi connectivity index (χ0) is 13.1. The molecule has 0 bridgehead atoms. The van der Waals surface area contributed by atoms with E-state index in [-0.39, 0.29) is 6.54 Å². The van der Waals surface area contributed by atoms with Crippen LogP contribution in [0, 0.1) is 0 Å². The van der Waals surface area contributed by atoms with Crippen LogP contribution in [0.3, 0.4) is 0 Å². The molecule has 1 rings (SSSR count). The topological polar surface area (TPSA) is 61.0 Å². The summed E-state index contributed by atoms with van der Waals surface area (Å²) in [5.41, 5.74) is 0. The van der Waals surface area contributed by atoms with E-state index in [1.54, 1.807) is 6.20 Å². The number of H-pyrrole nitrogens is 1. The average molecular weight is 250 g/mol. The molecular formula is C9H13F3N4O. The third-order valence-corrected chi connectivity index (χ3v) is 2.12. The number of aromatic amines is 1. The van der Waals surface area contributed by atoms with Crippen molar-refractivity contribution in [3.8, 4) is 0 Å². The third-order valence-electron chi connectivity index (χ3n) is 2.12. The van der Waals surface area contributed by atoms with E-state index < -0.39 is 18.2 Å². The van der Waals surface area contributed by atoms with Gasteiger partial charge in [-0.3, -0.25) is 0 Å². The quantitative estimate of drug-likeness (QED) is 0.854. The van der Waals surface area contributed by atoms with Gasteiger partial charge in [0.05, 0.1) is 6.54 Å². The first-order chi connectivity index (χ1) is 7.80. The van der Waals surface area contributed by atoms with Crippen molar-refractivity contribution < 1.29 is 18.0 Å². The van der Waals surface area contributed by atoms with Gasteiger partial charge in [0.2, 0.25) is 0 Å². The van der Waals surface area contributed by atoms with Crippen LogP contribution in [0.2, 0.25) is 0 Å². The summed E-state index contributed by atoms with van der Waals surface area (Å²) in [7, 11) is 1.39. The fourth-order valence-corrected chi connectivity index (χ4v) is 1.06. The number of urea groups is 1. The van der Waals surface area contributed by atoms with Gasteiger partial charge < -0.3 is 15.2 Å². The molecule has 0 fully saturated rings. The van der Waals surface area contributed by atoms with Crippen LogP contribution in [0.25, 0.3) is 0 Å². The highest BCUT2D eigenvalue weighted by atomic mass is 19.4. The van der Waals surface area contributed by atoms with Gasteiger partial charge in [0.15, 0.2) is 0 Å². The summed E-state index contributed by atoms with van der Waals surface area (Å²) in [6.07, 6.45) is -1.37. The first-order valence-corrected chi connectivity index (χ1v) is 4.87. The minimum absolute atomic E-state index is 0.114. The van der Waals surface area contributed by atoms with Gasteiger partial charge in [-0.1, -0.05) is 0 Å². The molecule has 0 aliphatic carbocycles. The molecule has 1 aromatic rings. The molecule has 1 heterocycles. The summed E-state index contributed by atoms with van der Waals surface area (Å²) in [4.78, 5) is 19.1. The second-order valence-electron chi connectivity index (χ2n) is 3.60. The maximum atomic E-state index is 12.2. The van der Waals surface area contributed by atoms with Crippen molar-refractivity contribution >= 4 is 6.03 Å². The molecule has 17 heavy (non-hydrogen) atoms. The summed E-state index contributed by atoms with van der Waals surface area (Å²) in [6, 6.07) is -2.68. The SMILES string of the molecule is C[C@H](NC(=O)N(C)Cc1ncc[nH]1)C(F)(F)F. The first-order valence-electron chi connectivity index (χ1n) is 4.87. The van der Waals surface area contributed by atoms with E-state index >= 15 is 0 Å². The Labute approximate surface area is 96.0 Å². The van der Waals surface area contributed by atoms with Gasteiger partial charge in [0.25, 0.3) is 0 Å². The molecule has 1 aromatic heterocycles. The summed E-state index contributed by atoms with van der Waals surface area (Å²) >= 11 is 0. The van der Waals surface area contributed by atoms with Crippen LogP contribution in [0.4, 0.5) is 18.0 Å². The van der Waals surface area contributed by atoms with E-state index in [2.05, 4.69) is 9.97 Å². The number of hydrogen-bond donors (Lipinski definition) is 2. The van der Waals surface area contributed by atoms with Gasteiger partial charge in [-0.05, 0) is 6.92 Å². The van der Waals surface area contributed by atoms with E-state index in [0.717, 1.165) is 11.8 Å². The Morgan fingerprint density at radius 2 is 2.29 bits per heavy atom. The van der Waals surface area contributed by atoms with Gasteiger partial charge in [-0.15, -0.1) is 0 Å². The molecule has 2 N–H and O–H groups in total. The van der Waals surface area contributed by atoms with Crippen LogP contribution in [-0.4, -0.2) is 40.2 Å². The van der Waals surface area contributed by atoms with Crippen LogP contribution >= 0.6 is 0 Å². The molecule has 1 atom stereocenters. The Balaban J connectivity index is 2.48. The monoisotopic (exact) mass is 250 g/mol. The highest BCUT2D eigenvalue weighted by Gasteiger charge is 2.37. The van der Waals surface area contributed by atoms with Crippen molar-refractivity contribution in [1.29, 1.82) is 0 Å². The minimum atomic E-state index is -4.44. The van der Waals surface area contributed by atoms with E-state index in [9.17, 15) is 18.0 Å². The number of aromatic nitrogens is 2. The Morgan fingerprint density at radius 1 is 1.65 bits per heavy atom. The van der Waals surface area contributed by atoms with Crippen molar-refractivity contribution in [2.45, 2.75) is 25.7 Å². The number of nitrogens with one attached hydrogen (secondary N) is 2. The molecule has 0 aliphatic heterocycles. The van der Waals surface area contributed by atoms with Crippen LogP contribution in [0.15, 0.2) is 12.4 Å². The molecule has 2 amide bonds. The summed E-state index contributed by atoms with van der Waals surface area (Å²) in [5.74, 6) is 0.502. The molecule has 0 aromatic carbocycles. The smallest absolute Gasteiger partial charge is 0.347 e. The maximum absolute atomic E-state index is 12.2. The van der Waals surface area contributed by atoms with Crippen molar-refractivity contribution in [2.24, 2.45) is 0 Å². The van der Waals surface area contributed by atoms with Crippen molar-refractivity contribution in [3.63, 3.8) is 0 Å². The molecule has 0 radical (unpaired) electrons. The highest BCUT2D eigenvalue weighted by Crippen LogP contribution is 2.19. The molecule has 96 valence electrons. The lowest BCUT2D eigenvalue weighted by Gasteiger charge is -2.22. The van der Waals surface area contributed by atoms with Crippen LogP contribution in [0.1, 0.15) is 12.7 Å². The first kappa shape index (κ1) is 13.3. The normalized spacial score (nSPS) is 13.2. The Bertz CT molecular complexity index is 363. The van der Waals surface area contributed by atoms with Gasteiger partial charge in [-0.25, -0.2) is 9.78 Å². The lowest BCUT2D eigenvalue weighted by atomic mass is 10.3. The van der Waals surface area contributed by atoms with Crippen LogP contribution in [0.5, 0.6) is 0 Å². The number of halogens is 3. The number of hydrogen-bond acceptors (Lipinski definition) is 2. The van der Waals surface area contributed by atoms with Crippen molar-refractivity contribution in [2.75, 3.05) is 7.05 Å². The number of nitrogens with zero attached hydrogens (tertiary/aromatic N) is 2. The highest BCUT2D eigenvalue weighted by molar-refractivity contribution is 5.74. The molecule has 5 nitrogen and oxygen atoms in total. The van der Waals surface area contributed by atoms with Gasteiger partial charge in [0, 0.05) is 19.4 Å². The minimum Gasteiger partial charge on any atom is -0.347 e. The second-order valence-corrected chi connectivity index (χ2v) is 3.60. The van der Waals surface area contributed by atoms with Crippen LogP contribution in [-0.2, 0) is 6.54 Å². The number of amides is 2. The van der Waals surface area contributed by atoms with Crippen molar-refractivity contribution in [1.82, 2.24) is 20.2 Å². The van der Waals surface area contributed by atoms with Gasteiger partial charge in [-0.2, -0.15) is 13.2 Å². The molecule has 0 aliphatic rings. The van der Waals surface area contributed by atoms with Crippen LogP contribution < -0.4 is 5.32 Å². The lowest BCUT2D eigenvalue weighted by molar-refractivity contribution is -0.149. The Kier molecular flexibility index (Phi) is 3.97. The molecule has 8 heteroatoms. The Hall–Kier alpha value is -1.73. The summed E-state index contributed by atoms with van der Waals surface area (Å²) in [6.45, 7) is 1.00. The fraction of sp³-hybridized carbons (Fsp3) is 0.556. The van der Waals surface area contributed by atoms with E-state index in [4.69, 9.17) is 0 Å². The fourth-order valence-electron chi connectivity index (χ4n) is 1.06. The van der Waals surface area contributed by atoms with E-state index in [1.807, 2.05) is 5.32 Å². The standard InChI is InChI=1S/C9H13F3N4O/c1-6(9(10,11)12)15-8(17)16(2)5-7-13-3-4-14-7/h3-4,6H,5H2,1-2H3,(H,13,14)(H,15,17)/t6-/m0/s1. The number of imidazole rings is 1. The molecule has 0 saturated carbocycles. The van der Waals surface area contributed by atoms with Crippen molar-refractivity contribution in [3.05, 3.63) is 18.2 Å². The van der Waals surface area contributed by atoms with E-state index in [1.165, 1.54) is 13.2 Å². The summed E-state index contributed by atoms with van der Waals surface area (Å²) in [5, 5.41) is 1.85. The Morgan fingerprint density at radius 3 is 2.76 bits per heavy atom. The third kappa shape index (κ3) is 3.97. The largest absolute Gasteiger partial charge is 0.408 e. The van der Waals surface area contributed by atoms with E-state index in [0.29, 0.717) is 5.82 Å². The van der Waals surface area contributed by atoms with Gasteiger partial charge in [0.1, 0.15) is 11.9 Å². The number of carbonyl (C=O) groups excluding carboxylic acids is 1. The molecule has 0 unspecified atom stereocenters. The summed E-state index contributed by atoms with van der Waals surface area (Å²) < 4.78 is 36.6. The number of carbonyl (C=O) groups is 1. The predicted octanol–water partition coefficient (Wildman–Crippen LogP) is 1.50. The zero-order valence-electron chi connectivity index (χ0n) is 9.38. The molecule has 0 saturated heterocycles. The predicted molar refractivity (Wildman–Crippen MR) is 54.1 cm³/mol. The maximum Gasteiger partial charge on any atom is 0.408 e. The number of rotatable bonds is 3. The molecule has 0 spiro atoms. The lowest BCUT2D eigenvalue weighted by Crippen LogP contribution is -2.47. The molecular weight excluding hydrogens is 237 g/mol. The zero-order valence-corrected chi connectivity index (χ0v) is 9.38. The average Bonchev–Trinajstić information content (AvgIpc) is 2.68. The van der Waals surface area contributed by atoms with Gasteiger partial charge >= 0.3 is 12.2 Å². The second kappa shape index (κ2) is 5.07.